The molecule has 0 spiro atoms. The summed E-state index contributed by atoms with van der Waals surface area (Å²) >= 11 is 0. The van der Waals surface area contributed by atoms with Crippen molar-refractivity contribution >= 4 is 17.9 Å². The number of hydrogen-bond acceptors (Lipinski definition) is 6. The normalized spacial score (nSPS) is 11.5. The van der Waals surface area contributed by atoms with Crippen molar-refractivity contribution in [1.29, 1.82) is 0 Å². The number of methoxy groups -OCH3 is 3. The van der Waals surface area contributed by atoms with Crippen molar-refractivity contribution in [1.82, 2.24) is 0 Å². The molecule has 0 bridgehead atoms. The molecule has 0 radical (unpaired) electrons. The second-order valence-electron chi connectivity index (χ2n) is 4.43. The second-order valence-corrected chi connectivity index (χ2v) is 4.43. The van der Waals surface area contributed by atoms with Crippen molar-refractivity contribution in [3.05, 3.63) is 48.0 Å². The number of rotatable bonds is 6. The van der Waals surface area contributed by atoms with E-state index in [4.69, 9.17) is 0 Å². The van der Waals surface area contributed by atoms with Crippen molar-refractivity contribution in [2.45, 2.75) is 5.92 Å². The first-order valence-corrected chi connectivity index (χ1v) is 6.45. The van der Waals surface area contributed by atoms with Gasteiger partial charge in [-0.3, -0.25) is 9.59 Å². The van der Waals surface area contributed by atoms with E-state index in [1.807, 2.05) is 0 Å². The van der Waals surface area contributed by atoms with Gasteiger partial charge in [-0.05, 0) is 5.56 Å². The molecule has 1 rings (SSSR count). The zero-order valence-electron chi connectivity index (χ0n) is 12.7. The molecule has 1 aromatic carbocycles. The van der Waals surface area contributed by atoms with Crippen LogP contribution in [-0.2, 0) is 28.6 Å². The molecule has 6 nitrogen and oxygen atoms in total. The lowest BCUT2D eigenvalue weighted by atomic mass is 9.80. The minimum absolute atomic E-state index is 0.0329. The monoisotopic (exact) mass is 306 g/mol. The van der Waals surface area contributed by atoms with Gasteiger partial charge in [0.15, 0.2) is 5.92 Å². The Morgan fingerprint density at radius 1 is 0.909 bits per heavy atom. The third-order valence-corrected chi connectivity index (χ3v) is 3.23. The molecule has 0 fully saturated rings. The van der Waals surface area contributed by atoms with Crippen molar-refractivity contribution in [3.63, 3.8) is 0 Å². The maximum atomic E-state index is 12.0. The summed E-state index contributed by atoms with van der Waals surface area (Å²) in [4.78, 5) is 35.9. The highest BCUT2D eigenvalue weighted by Gasteiger charge is 2.41. The van der Waals surface area contributed by atoms with E-state index in [9.17, 15) is 14.4 Å². The fourth-order valence-corrected chi connectivity index (χ4v) is 2.14. The van der Waals surface area contributed by atoms with Gasteiger partial charge in [0, 0.05) is 11.5 Å². The van der Waals surface area contributed by atoms with Crippen molar-refractivity contribution in [2.24, 2.45) is 5.92 Å². The van der Waals surface area contributed by atoms with Gasteiger partial charge in [0.25, 0.3) is 0 Å². The van der Waals surface area contributed by atoms with Gasteiger partial charge >= 0.3 is 17.9 Å². The molecule has 118 valence electrons. The van der Waals surface area contributed by atoms with E-state index >= 15 is 0 Å². The molecule has 0 saturated heterocycles. The molecule has 0 aliphatic carbocycles. The summed E-state index contributed by atoms with van der Waals surface area (Å²) in [5.41, 5.74) is 0.521. The fourth-order valence-electron chi connectivity index (χ4n) is 2.14. The van der Waals surface area contributed by atoms with Crippen molar-refractivity contribution in [2.75, 3.05) is 21.3 Å². The Kier molecular flexibility index (Phi) is 6.31. The Hall–Kier alpha value is -2.63. The fraction of sp³-hybridized carbons (Fsp3) is 0.312. The summed E-state index contributed by atoms with van der Waals surface area (Å²) < 4.78 is 14.0. The molecule has 0 aliphatic rings. The van der Waals surface area contributed by atoms with Crippen LogP contribution in [0.4, 0.5) is 0 Å². The van der Waals surface area contributed by atoms with Crippen LogP contribution in [0.3, 0.4) is 0 Å². The van der Waals surface area contributed by atoms with Crippen LogP contribution in [0.1, 0.15) is 11.5 Å². The molecule has 0 N–H and O–H groups in total. The standard InChI is InChI=1S/C16H18O6/c1-10(14(17)20-2)12(11-8-6-5-7-9-11)13(15(18)21-3)16(19)22-4/h5-9,12-13H,1H2,2-4H3. The molecule has 0 amide bonds. The second kappa shape index (κ2) is 7.97. The molecule has 1 aromatic rings. The molecule has 6 heteroatoms. The predicted molar refractivity (Wildman–Crippen MR) is 77.9 cm³/mol. The number of ether oxygens (including phenoxy) is 3. The first-order valence-electron chi connectivity index (χ1n) is 6.45. The Bertz CT molecular complexity index is 547. The smallest absolute Gasteiger partial charge is 0.333 e. The first-order chi connectivity index (χ1) is 10.5. The Morgan fingerprint density at radius 2 is 1.41 bits per heavy atom. The van der Waals surface area contributed by atoms with Crippen LogP contribution < -0.4 is 0 Å². The van der Waals surface area contributed by atoms with Gasteiger partial charge in [0.05, 0.1) is 21.3 Å². The molecule has 0 heterocycles. The van der Waals surface area contributed by atoms with E-state index in [0.29, 0.717) is 5.56 Å². The highest BCUT2D eigenvalue weighted by Crippen LogP contribution is 2.33. The van der Waals surface area contributed by atoms with Crippen LogP contribution in [0.15, 0.2) is 42.5 Å². The molecular weight excluding hydrogens is 288 g/mol. The molecule has 22 heavy (non-hydrogen) atoms. The van der Waals surface area contributed by atoms with Gasteiger partial charge in [-0.15, -0.1) is 0 Å². The van der Waals surface area contributed by atoms with Gasteiger partial charge in [0.2, 0.25) is 0 Å². The summed E-state index contributed by atoms with van der Waals surface area (Å²) in [7, 11) is 3.50. The summed E-state index contributed by atoms with van der Waals surface area (Å²) in [6, 6.07) is 8.57. The van der Waals surface area contributed by atoms with E-state index in [1.54, 1.807) is 30.3 Å². The Labute approximate surface area is 128 Å². The van der Waals surface area contributed by atoms with Gasteiger partial charge in [0.1, 0.15) is 0 Å². The summed E-state index contributed by atoms with van der Waals surface area (Å²) in [5.74, 6) is -4.62. The van der Waals surface area contributed by atoms with Gasteiger partial charge in [-0.1, -0.05) is 36.9 Å². The lowest BCUT2D eigenvalue weighted by molar-refractivity contribution is -0.159. The van der Waals surface area contributed by atoms with Crippen molar-refractivity contribution < 1.29 is 28.6 Å². The topological polar surface area (TPSA) is 78.9 Å². The summed E-state index contributed by atoms with van der Waals surface area (Å²) in [6.45, 7) is 3.67. The average molecular weight is 306 g/mol. The minimum atomic E-state index is -1.34. The van der Waals surface area contributed by atoms with E-state index < -0.39 is 29.7 Å². The van der Waals surface area contributed by atoms with Gasteiger partial charge in [-0.25, -0.2) is 4.79 Å². The number of carbonyl (C=O) groups excluding carboxylic acids is 3. The minimum Gasteiger partial charge on any atom is -0.468 e. The number of hydrogen-bond donors (Lipinski definition) is 0. The Morgan fingerprint density at radius 3 is 1.82 bits per heavy atom. The number of carbonyl (C=O) groups is 3. The van der Waals surface area contributed by atoms with E-state index in [0.717, 1.165) is 14.2 Å². The van der Waals surface area contributed by atoms with Crippen LogP contribution in [-0.4, -0.2) is 39.2 Å². The van der Waals surface area contributed by atoms with Crippen LogP contribution in [0.25, 0.3) is 0 Å². The molecule has 1 atom stereocenters. The lowest BCUT2D eigenvalue weighted by Crippen LogP contribution is -2.34. The SMILES string of the molecule is C=C(C(=O)OC)C(c1ccccc1)C(C(=O)OC)C(=O)OC. The molecule has 0 aliphatic heterocycles. The maximum Gasteiger partial charge on any atom is 0.333 e. The highest BCUT2D eigenvalue weighted by molar-refractivity contribution is 6.00. The van der Waals surface area contributed by atoms with Crippen LogP contribution in [0.5, 0.6) is 0 Å². The van der Waals surface area contributed by atoms with Crippen LogP contribution in [0, 0.1) is 5.92 Å². The van der Waals surface area contributed by atoms with Crippen LogP contribution >= 0.6 is 0 Å². The third kappa shape index (κ3) is 3.72. The highest BCUT2D eigenvalue weighted by atomic mass is 16.5. The summed E-state index contributed by atoms with van der Waals surface area (Å²) in [5, 5.41) is 0. The van der Waals surface area contributed by atoms with Gasteiger partial charge < -0.3 is 14.2 Å². The molecule has 0 aromatic heterocycles. The molecular formula is C16H18O6. The maximum absolute atomic E-state index is 12.0. The zero-order valence-corrected chi connectivity index (χ0v) is 12.7. The molecule has 1 unspecified atom stereocenters. The quantitative estimate of drug-likeness (QED) is 0.343. The third-order valence-electron chi connectivity index (χ3n) is 3.23. The predicted octanol–water partition coefficient (Wildman–Crippen LogP) is 1.46. The van der Waals surface area contributed by atoms with E-state index in [1.165, 1.54) is 7.11 Å². The lowest BCUT2D eigenvalue weighted by Gasteiger charge is -2.24. The van der Waals surface area contributed by atoms with Gasteiger partial charge in [-0.2, -0.15) is 0 Å². The molecule has 0 saturated carbocycles. The first kappa shape index (κ1) is 17.4. The van der Waals surface area contributed by atoms with Crippen LogP contribution in [0.2, 0.25) is 0 Å². The number of esters is 3. The number of benzene rings is 1. The largest absolute Gasteiger partial charge is 0.468 e. The zero-order chi connectivity index (χ0) is 16.7. The van der Waals surface area contributed by atoms with E-state index in [-0.39, 0.29) is 5.57 Å². The average Bonchev–Trinajstić information content (AvgIpc) is 2.57. The Balaban J connectivity index is 3.39. The van der Waals surface area contributed by atoms with Crippen molar-refractivity contribution in [3.8, 4) is 0 Å². The van der Waals surface area contributed by atoms with E-state index in [2.05, 4.69) is 20.8 Å². The summed E-state index contributed by atoms with van der Waals surface area (Å²) in [6.07, 6.45) is 0.